The van der Waals surface area contributed by atoms with Crippen molar-refractivity contribution in [1.29, 1.82) is 0 Å². The van der Waals surface area contributed by atoms with Crippen molar-refractivity contribution in [2.24, 2.45) is 15.7 Å². The molecule has 0 aliphatic carbocycles. The van der Waals surface area contributed by atoms with E-state index in [1.165, 1.54) is 12.5 Å². The minimum Gasteiger partial charge on any atom is -0.390 e. The van der Waals surface area contributed by atoms with Crippen molar-refractivity contribution < 1.29 is 0 Å². The van der Waals surface area contributed by atoms with Gasteiger partial charge in [0.05, 0.1) is 12.5 Å². The lowest BCUT2D eigenvalue weighted by Crippen LogP contribution is -2.18. The molecule has 0 radical (unpaired) electrons. The molecule has 0 aromatic carbocycles. The number of hydrogen-bond donors (Lipinski definition) is 3. The second-order valence-corrected chi connectivity index (χ2v) is 2.79. The maximum absolute atomic E-state index is 5.16. The summed E-state index contributed by atoms with van der Waals surface area (Å²) < 4.78 is 0. The van der Waals surface area contributed by atoms with Crippen LogP contribution in [0.25, 0.3) is 5.70 Å². The van der Waals surface area contributed by atoms with Gasteiger partial charge in [-0.25, -0.2) is 9.98 Å². The third-order valence-electron chi connectivity index (χ3n) is 1.80. The van der Waals surface area contributed by atoms with Crippen LogP contribution in [0.3, 0.4) is 0 Å². The quantitative estimate of drug-likeness (QED) is 0.507. The third-order valence-corrected chi connectivity index (χ3v) is 1.80. The molecule has 16 heavy (non-hydrogen) atoms. The second kappa shape index (κ2) is 5.50. The van der Waals surface area contributed by atoms with Crippen LogP contribution in [0.5, 0.6) is 0 Å². The fraction of sp³-hybridized carbons (Fsp3) is 0.100. The SMILES string of the molecule is C=CNC(=NC)c1cnc(C(=C)N=CN)[nH]1. The summed E-state index contributed by atoms with van der Waals surface area (Å²) in [5, 5.41) is 2.88. The first kappa shape index (κ1) is 11.7. The number of aliphatic imine (C=N–C) groups is 2. The average molecular weight is 218 g/mol. The van der Waals surface area contributed by atoms with Crippen LogP contribution < -0.4 is 11.1 Å². The van der Waals surface area contributed by atoms with Crippen LogP contribution in [0.2, 0.25) is 0 Å². The molecule has 1 heterocycles. The summed E-state index contributed by atoms with van der Waals surface area (Å²) in [4.78, 5) is 15.0. The molecule has 84 valence electrons. The average Bonchev–Trinajstić information content (AvgIpc) is 2.75. The molecular weight excluding hydrogens is 204 g/mol. The van der Waals surface area contributed by atoms with Gasteiger partial charge in [-0.2, -0.15) is 0 Å². The standard InChI is InChI=1S/C10H14N6/c1-4-13-10(12-3)8-5-14-9(16-8)7(2)15-6-11/h4-6H,1-2H2,3H3,(H2,11,15)(H,12,13)(H,14,16). The zero-order valence-corrected chi connectivity index (χ0v) is 9.07. The molecular formula is C10H14N6. The van der Waals surface area contributed by atoms with Gasteiger partial charge in [-0.05, 0) is 6.20 Å². The topological polar surface area (TPSA) is 91.4 Å². The molecule has 1 aromatic heterocycles. The van der Waals surface area contributed by atoms with Crippen molar-refractivity contribution in [2.75, 3.05) is 7.05 Å². The van der Waals surface area contributed by atoms with Crippen LogP contribution in [0.4, 0.5) is 0 Å². The van der Waals surface area contributed by atoms with Crippen molar-refractivity contribution in [1.82, 2.24) is 15.3 Å². The number of nitrogens with two attached hydrogens (primary N) is 1. The van der Waals surface area contributed by atoms with Crippen LogP contribution in [-0.2, 0) is 0 Å². The van der Waals surface area contributed by atoms with Crippen LogP contribution in [0, 0.1) is 0 Å². The smallest absolute Gasteiger partial charge is 0.155 e. The molecule has 0 saturated carbocycles. The minimum atomic E-state index is 0.461. The molecule has 0 fully saturated rings. The number of H-pyrrole nitrogens is 1. The number of nitrogens with zero attached hydrogens (tertiary/aromatic N) is 3. The van der Waals surface area contributed by atoms with Gasteiger partial charge in [-0.15, -0.1) is 0 Å². The predicted molar refractivity (Wildman–Crippen MR) is 66.1 cm³/mol. The maximum Gasteiger partial charge on any atom is 0.155 e. The van der Waals surface area contributed by atoms with Gasteiger partial charge >= 0.3 is 0 Å². The normalized spacial score (nSPS) is 11.7. The number of rotatable bonds is 4. The molecule has 0 aliphatic rings. The lowest BCUT2D eigenvalue weighted by molar-refractivity contribution is 1.18. The highest BCUT2D eigenvalue weighted by atomic mass is 15.0. The van der Waals surface area contributed by atoms with Gasteiger partial charge < -0.3 is 16.0 Å². The number of aromatic nitrogens is 2. The van der Waals surface area contributed by atoms with Crippen molar-refractivity contribution in [3.05, 3.63) is 37.1 Å². The van der Waals surface area contributed by atoms with E-state index in [-0.39, 0.29) is 0 Å². The number of amidine groups is 1. The Kier molecular flexibility index (Phi) is 4.02. The Morgan fingerprint density at radius 3 is 3.00 bits per heavy atom. The first-order valence-corrected chi connectivity index (χ1v) is 4.56. The molecule has 6 heteroatoms. The molecule has 0 unspecified atom stereocenters. The fourth-order valence-corrected chi connectivity index (χ4v) is 1.10. The van der Waals surface area contributed by atoms with Crippen molar-refractivity contribution in [2.45, 2.75) is 0 Å². The molecule has 1 rings (SSSR count). The monoisotopic (exact) mass is 218 g/mol. The number of nitrogens with one attached hydrogen (secondary N) is 2. The zero-order chi connectivity index (χ0) is 12.0. The Morgan fingerprint density at radius 2 is 2.44 bits per heavy atom. The summed E-state index contributed by atoms with van der Waals surface area (Å²) in [5.41, 5.74) is 6.35. The minimum absolute atomic E-state index is 0.461. The highest BCUT2D eigenvalue weighted by molar-refractivity contribution is 5.97. The van der Waals surface area contributed by atoms with Crippen LogP contribution >= 0.6 is 0 Å². The third kappa shape index (κ3) is 2.57. The molecule has 1 aromatic rings. The summed E-state index contributed by atoms with van der Waals surface area (Å²) in [6.45, 7) is 7.27. The van der Waals surface area contributed by atoms with Crippen LogP contribution in [-0.4, -0.2) is 29.2 Å². The lowest BCUT2D eigenvalue weighted by Gasteiger charge is -2.00. The second-order valence-electron chi connectivity index (χ2n) is 2.79. The Hall–Kier alpha value is -2.37. The van der Waals surface area contributed by atoms with Gasteiger partial charge in [0.25, 0.3) is 0 Å². The highest BCUT2D eigenvalue weighted by Crippen LogP contribution is 2.08. The Balaban J connectivity index is 2.94. The first-order valence-electron chi connectivity index (χ1n) is 4.56. The number of aromatic amines is 1. The first-order chi connectivity index (χ1) is 7.72. The van der Waals surface area contributed by atoms with Crippen molar-refractivity contribution in [3.8, 4) is 0 Å². The number of imidazole rings is 1. The van der Waals surface area contributed by atoms with E-state index in [1.807, 2.05) is 0 Å². The van der Waals surface area contributed by atoms with E-state index >= 15 is 0 Å². The van der Waals surface area contributed by atoms with E-state index in [2.05, 4.69) is 38.4 Å². The lowest BCUT2D eigenvalue weighted by atomic mass is 10.4. The Labute approximate surface area is 93.7 Å². The number of hydrogen-bond acceptors (Lipinski definition) is 3. The van der Waals surface area contributed by atoms with Gasteiger partial charge in [0.2, 0.25) is 0 Å². The van der Waals surface area contributed by atoms with Gasteiger partial charge in [0.1, 0.15) is 17.2 Å². The van der Waals surface area contributed by atoms with E-state index in [0.29, 0.717) is 17.4 Å². The molecule has 0 aliphatic heterocycles. The van der Waals surface area contributed by atoms with E-state index < -0.39 is 0 Å². The van der Waals surface area contributed by atoms with Crippen LogP contribution in [0.1, 0.15) is 11.5 Å². The van der Waals surface area contributed by atoms with E-state index in [4.69, 9.17) is 5.73 Å². The van der Waals surface area contributed by atoms with E-state index in [0.717, 1.165) is 5.69 Å². The summed E-state index contributed by atoms with van der Waals surface area (Å²) in [6, 6.07) is 0. The summed E-state index contributed by atoms with van der Waals surface area (Å²) in [5.74, 6) is 1.18. The largest absolute Gasteiger partial charge is 0.390 e. The molecule has 0 bridgehead atoms. The summed E-state index contributed by atoms with van der Waals surface area (Å²) >= 11 is 0. The molecule has 4 N–H and O–H groups in total. The molecule has 0 amide bonds. The highest BCUT2D eigenvalue weighted by Gasteiger charge is 2.07. The summed E-state index contributed by atoms with van der Waals surface area (Å²) in [6.07, 6.45) is 4.34. The fourth-order valence-electron chi connectivity index (χ4n) is 1.10. The Morgan fingerprint density at radius 1 is 1.69 bits per heavy atom. The van der Waals surface area contributed by atoms with E-state index in [1.54, 1.807) is 13.2 Å². The molecule has 0 spiro atoms. The molecule has 0 atom stereocenters. The zero-order valence-electron chi connectivity index (χ0n) is 9.07. The van der Waals surface area contributed by atoms with Crippen LogP contribution in [0.15, 0.2) is 35.5 Å². The van der Waals surface area contributed by atoms with Gasteiger partial charge in [-0.1, -0.05) is 13.2 Å². The van der Waals surface area contributed by atoms with Gasteiger partial charge in [0, 0.05) is 7.05 Å². The van der Waals surface area contributed by atoms with Gasteiger partial charge in [0.15, 0.2) is 5.82 Å². The van der Waals surface area contributed by atoms with Crippen molar-refractivity contribution in [3.63, 3.8) is 0 Å². The van der Waals surface area contributed by atoms with Gasteiger partial charge in [-0.3, -0.25) is 4.99 Å². The predicted octanol–water partition coefficient (Wildman–Crippen LogP) is 0.477. The molecule has 0 saturated heterocycles. The molecule has 6 nitrogen and oxygen atoms in total. The maximum atomic E-state index is 5.16. The van der Waals surface area contributed by atoms with E-state index in [9.17, 15) is 0 Å². The summed E-state index contributed by atoms with van der Waals surface area (Å²) in [7, 11) is 1.67. The van der Waals surface area contributed by atoms with Crippen molar-refractivity contribution >= 4 is 17.9 Å². The Bertz CT molecular complexity index is 440.